The number of rotatable bonds is 6. The van der Waals surface area contributed by atoms with Crippen LogP contribution in [0.4, 0.5) is 5.69 Å². The predicted octanol–water partition coefficient (Wildman–Crippen LogP) is 7.97. The second-order valence-electron chi connectivity index (χ2n) is 9.31. The molecule has 5 rings (SSSR count). The molecule has 0 aliphatic carbocycles. The van der Waals surface area contributed by atoms with Gasteiger partial charge in [-0.3, -0.25) is 4.99 Å². The summed E-state index contributed by atoms with van der Waals surface area (Å²) >= 11 is 0. The second kappa shape index (κ2) is 10.4. The van der Waals surface area contributed by atoms with E-state index in [-0.39, 0.29) is 5.92 Å². The third-order valence-corrected chi connectivity index (χ3v) is 7.00. The number of methoxy groups -OCH3 is 2. The molecule has 0 bridgehead atoms. The average Bonchev–Trinajstić information content (AvgIpc) is 2.93. The molecule has 1 aliphatic rings. The van der Waals surface area contributed by atoms with E-state index in [2.05, 4.69) is 75.4 Å². The number of fused-ring (bicyclic) bond motifs is 1. The molecule has 1 unspecified atom stereocenters. The monoisotopic (exact) mass is 489 g/mol. The van der Waals surface area contributed by atoms with Crippen molar-refractivity contribution in [2.24, 2.45) is 4.99 Å². The van der Waals surface area contributed by atoms with Gasteiger partial charge in [-0.25, -0.2) is 0 Å². The van der Waals surface area contributed by atoms with Crippen molar-refractivity contribution in [2.45, 2.75) is 26.7 Å². The quantitative estimate of drug-likeness (QED) is 0.258. The Morgan fingerprint density at radius 2 is 1.43 bits per heavy atom. The SMILES string of the molecule is COc1ccc(C2=C(C=Nc3ccc(C)c(C)c3)C(c3ccccc3C)c3ccccc3O2)cc1OC. The second-order valence-corrected chi connectivity index (χ2v) is 9.31. The van der Waals surface area contributed by atoms with E-state index in [9.17, 15) is 0 Å². The van der Waals surface area contributed by atoms with Gasteiger partial charge in [-0.05, 0) is 79.4 Å². The summed E-state index contributed by atoms with van der Waals surface area (Å²) < 4.78 is 17.7. The van der Waals surface area contributed by atoms with Crippen molar-refractivity contribution in [1.82, 2.24) is 0 Å². The molecule has 0 aromatic heterocycles. The molecular formula is C33H31NO3. The van der Waals surface area contributed by atoms with E-state index in [1.807, 2.05) is 36.5 Å². The van der Waals surface area contributed by atoms with Crippen LogP contribution in [-0.4, -0.2) is 20.4 Å². The molecule has 4 aromatic carbocycles. The van der Waals surface area contributed by atoms with E-state index in [0.717, 1.165) is 33.9 Å². The first-order valence-electron chi connectivity index (χ1n) is 12.4. The summed E-state index contributed by atoms with van der Waals surface area (Å²) in [6, 6.07) is 28.9. The van der Waals surface area contributed by atoms with Crippen molar-refractivity contribution in [3.8, 4) is 17.2 Å². The Bertz CT molecular complexity index is 1520. The zero-order chi connectivity index (χ0) is 25.9. The molecule has 0 amide bonds. The number of ether oxygens (including phenoxy) is 3. The molecular weight excluding hydrogens is 458 g/mol. The molecule has 0 saturated carbocycles. The number of hydrogen-bond donors (Lipinski definition) is 0. The van der Waals surface area contributed by atoms with Crippen LogP contribution in [0.1, 0.15) is 39.3 Å². The highest BCUT2D eigenvalue weighted by Gasteiger charge is 2.32. The van der Waals surface area contributed by atoms with E-state index in [1.165, 1.54) is 22.3 Å². The normalized spacial score (nSPS) is 14.9. The number of benzene rings is 4. The highest BCUT2D eigenvalue weighted by Crippen LogP contribution is 2.46. The van der Waals surface area contributed by atoms with Crippen molar-refractivity contribution >= 4 is 17.7 Å². The Hall–Kier alpha value is -4.31. The predicted molar refractivity (Wildman–Crippen MR) is 151 cm³/mol. The topological polar surface area (TPSA) is 40.0 Å². The van der Waals surface area contributed by atoms with Crippen LogP contribution in [0, 0.1) is 20.8 Å². The van der Waals surface area contributed by atoms with E-state index >= 15 is 0 Å². The van der Waals surface area contributed by atoms with Crippen LogP contribution in [-0.2, 0) is 0 Å². The zero-order valence-corrected chi connectivity index (χ0v) is 21.9. The lowest BCUT2D eigenvalue weighted by atomic mass is 9.80. The molecule has 0 fully saturated rings. The molecule has 37 heavy (non-hydrogen) atoms. The Balaban J connectivity index is 1.76. The van der Waals surface area contributed by atoms with Crippen LogP contribution in [0.5, 0.6) is 17.2 Å². The van der Waals surface area contributed by atoms with Gasteiger partial charge in [-0.15, -0.1) is 0 Å². The number of aliphatic imine (C=N–C) groups is 1. The third-order valence-electron chi connectivity index (χ3n) is 7.00. The highest BCUT2D eigenvalue weighted by atomic mass is 16.5. The van der Waals surface area contributed by atoms with Gasteiger partial charge in [0.1, 0.15) is 11.5 Å². The lowest BCUT2D eigenvalue weighted by Crippen LogP contribution is -2.18. The smallest absolute Gasteiger partial charge is 0.161 e. The van der Waals surface area contributed by atoms with Crippen molar-refractivity contribution in [2.75, 3.05) is 14.2 Å². The van der Waals surface area contributed by atoms with Crippen molar-refractivity contribution in [3.63, 3.8) is 0 Å². The largest absolute Gasteiger partial charge is 0.493 e. The van der Waals surface area contributed by atoms with Gasteiger partial charge in [-0.1, -0.05) is 48.5 Å². The minimum Gasteiger partial charge on any atom is -0.493 e. The maximum absolute atomic E-state index is 6.62. The summed E-state index contributed by atoms with van der Waals surface area (Å²) in [5.74, 6) is 2.85. The van der Waals surface area contributed by atoms with Gasteiger partial charge >= 0.3 is 0 Å². The maximum atomic E-state index is 6.62. The van der Waals surface area contributed by atoms with E-state index in [4.69, 9.17) is 19.2 Å². The summed E-state index contributed by atoms with van der Waals surface area (Å²) in [6.07, 6.45) is 1.96. The Labute approximate surface area is 218 Å². The fourth-order valence-corrected chi connectivity index (χ4v) is 4.81. The van der Waals surface area contributed by atoms with Crippen LogP contribution in [0.3, 0.4) is 0 Å². The highest BCUT2D eigenvalue weighted by molar-refractivity contribution is 5.95. The van der Waals surface area contributed by atoms with Crippen LogP contribution in [0.25, 0.3) is 5.76 Å². The number of hydrogen-bond acceptors (Lipinski definition) is 4. The number of aryl methyl sites for hydroxylation is 3. The first-order valence-corrected chi connectivity index (χ1v) is 12.4. The molecule has 0 spiro atoms. The van der Waals surface area contributed by atoms with Gasteiger partial charge in [0.25, 0.3) is 0 Å². The minimum atomic E-state index is -0.0514. The fraction of sp³-hybridized carbons (Fsp3) is 0.182. The Morgan fingerprint density at radius 1 is 0.703 bits per heavy atom. The van der Waals surface area contributed by atoms with Gasteiger partial charge in [0, 0.05) is 28.8 Å². The summed E-state index contributed by atoms with van der Waals surface area (Å²) in [4.78, 5) is 4.94. The lowest BCUT2D eigenvalue weighted by Gasteiger charge is -2.31. The molecule has 1 heterocycles. The maximum Gasteiger partial charge on any atom is 0.161 e. The minimum absolute atomic E-state index is 0.0514. The molecule has 1 aliphatic heterocycles. The van der Waals surface area contributed by atoms with Crippen LogP contribution >= 0.6 is 0 Å². The zero-order valence-electron chi connectivity index (χ0n) is 21.9. The Morgan fingerprint density at radius 3 is 2.16 bits per heavy atom. The van der Waals surface area contributed by atoms with E-state index < -0.39 is 0 Å². The number of para-hydroxylation sites is 1. The van der Waals surface area contributed by atoms with Gasteiger partial charge < -0.3 is 14.2 Å². The molecule has 4 heteroatoms. The molecule has 186 valence electrons. The first-order chi connectivity index (χ1) is 18.0. The van der Waals surface area contributed by atoms with Crippen LogP contribution in [0.2, 0.25) is 0 Å². The summed E-state index contributed by atoms with van der Waals surface area (Å²) in [6.45, 7) is 6.38. The molecule has 0 saturated heterocycles. The molecule has 1 atom stereocenters. The molecule has 0 radical (unpaired) electrons. The van der Waals surface area contributed by atoms with Gasteiger partial charge in [0.2, 0.25) is 0 Å². The summed E-state index contributed by atoms with van der Waals surface area (Å²) in [7, 11) is 3.28. The van der Waals surface area contributed by atoms with Gasteiger partial charge in [-0.2, -0.15) is 0 Å². The molecule has 4 aromatic rings. The van der Waals surface area contributed by atoms with E-state index in [1.54, 1.807) is 14.2 Å². The number of allylic oxidation sites excluding steroid dienone is 1. The van der Waals surface area contributed by atoms with Crippen molar-refractivity contribution in [1.29, 1.82) is 0 Å². The lowest BCUT2D eigenvalue weighted by molar-refractivity contribution is 0.354. The standard InChI is InChI=1S/C33H31NO3/c1-21-14-16-25(18-23(21)3)34-20-28-32(26-11-7-6-10-22(26)2)27-12-8-9-13-29(27)37-33(28)24-15-17-30(35-4)31(19-24)36-5/h6-20,32H,1-5H3. The summed E-state index contributed by atoms with van der Waals surface area (Å²) in [5, 5.41) is 0. The fourth-order valence-electron chi connectivity index (χ4n) is 4.81. The summed E-state index contributed by atoms with van der Waals surface area (Å²) in [5.41, 5.74) is 8.80. The molecule has 0 N–H and O–H groups in total. The Kier molecular flexibility index (Phi) is 6.82. The van der Waals surface area contributed by atoms with Crippen LogP contribution in [0.15, 0.2) is 95.5 Å². The van der Waals surface area contributed by atoms with Gasteiger partial charge in [0.05, 0.1) is 19.9 Å². The molecule has 4 nitrogen and oxygen atoms in total. The number of nitrogens with zero attached hydrogens (tertiary/aromatic N) is 1. The van der Waals surface area contributed by atoms with Gasteiger partial charge in [0.15, 0.2) is 11.5 Å². The van der Waals surface area contributed by atoms with E-state index in [0.29, 0.717) is 11.5 Å². The van der Waals surface area contributed by atoms with Crippen LogP contribution < -0.4 is 14.2 Å². The van der Waals surface area contributed by atoms with Crippen molar-refractivity contribution in [3.05, 3.63) is 124 Å². The average molecular weight is 490 g/mol. The van der Waals surface area contributed by atoms with Crippen molar-refractivity contribution < 1.29 is 14.2 Å². The third kappa shape index (κ3) is 4.75. The first kappa shape index (κ1) is 24.4.